The van der Waals surface area contributed by atoms with Crippen LogP contribution in [0.5, 0.6) is 0 Å². The summed E-state index contributed by atoms with van der Waals surface area (Å²) in [7, 11) is -1.34. The van der Waals surface area contributed by atoms with Gasteiger partial charge in [0.25, 0.3) is 0 Å². The van der Waals surface area contributed by atoms with Crippen LogP contribution in [0.15, 0.2) is 30.3 Å². The lowest BCUT2D eigenvalue weighted by molar-refractivity contribution is 0.148. The largest absolute Gasteiger partial charge is 0.488 e. The predicted octanol–water partition coefficient (Wildman–Crippen LogP) is -0.884. The third kappa shape index (κ3) is 8.14. The van der Waals surface area contributed by atoms with E-state index in [0.29, 0.717) is 11.9 Å². The van der Waals surface area contributed by atoms with Gasteiger partial charge in [0.1, 0.15) is 0 Å². The van der Waals surface area contributed by atoms with Gasteiger partial charge in [-0.3, -0.25) is 0 Å². The molecule has 0 saturated heterocycles. The van der Waals surface area contributed by atoms with Crippen LogP contribution < -0.4 is 5.46 Å². The second-order valence-corrected chi connectivity index (χ2v) is 3.15. The molecule has 84 valence electrons. The highest BCUT2D eigenvalue weighted by atomic mass is 16.4. The number of rotatable bonds is 3. The molecule has 0 aliphatic rings. The van der Waals surface area contributed by atoms with E-state index in [0.717, 1.165) is 0 Å². The quantitative estimate of drug-likeness (QED) is 0.490. The molecule has 1 aromatic rings. The summed E-state index contributed by atoms with van der Waals surface area (Å²) in [5.41, 5.74) is 0.525. The maximum Gasteiger partial charge on any atom is 0.488 e. The molecule has 0 saturated carbocycles. The number of aliphatic hydroxyl groups excluding tert-OH is 2. The average Bonchev–Trinajstić information content (AvgIpc) is 2.20. The molecule has 4 N–H and O–H groups in total. The van der Waals surface area contributed by atoms with E-state index in [2.05, 4.69) is 0 Å². The van der Waals surface area contributed by atoms with Gasteiger partial charge in [0.05, 0.1) is 6.10 Å². The first kappa shape index (κ1) is 14.1. The molecule has 4 nitrogen and oxygen atoms in total. The third-order valence-corrected chi connectivity index (χ3v) is 1.64. The van der Waals surface area contributed by atoms with E-state index >= 15 is 0 Å². The Hall–Kier alpha value is -0.875. The monoisotopic (exact) mass is 212 g/mol. The molecular weight excluding hydrogens is 195 g/mol. The van der Waals surface area contributed by atoms with Crippen LogP contribution in [-0.4, -0.2) is 40.1 Å². The van der Waals surface area contributed by atoms with Crippen molar-refractivity contribution in [2.24, 2.45) is 0 Å². The van der Waals surface area contributed by atoms with Crippen LogP contribution in [0.4, 0.5) is 0 Å². The first-order valence-electron chi connectivity index (χ1n) is 4.78. The van der Waals surface area contributed by atoms with Gasteiger partial charge in [0.2, 0.25) is 0 Å². The second-order valence-electron chi connectivity index (χ2n) is 3.15. The number of aliphatic hydroxyl groups is 2. The zero-order chi connectivity index (χ0) is 11.7. The van der Waals surface area contributed by atoms with E-state index in [-0.39, 0.29) is 12.7 Å². The fourth-order valence-corrected chi connectivity index (χ4v) is 0.812. The van der Waals surface area contributed by atoms with Crippen LogP contribution in [0.25, 0.3) is 0 Å². The van der Waals surface area contributed by atoms with Crippen molar-refractivity contribution >= 4 is 12.6 Å². The summed E-state index contributed by atoms with van der Waals surface area (Å²) in [4.78, 5) is 0. The lowest BCUT2D eigenvalue weighted by Gasteiger charge is -1.95. The number of benzene rings is 1. The van der Waals surface area contributed by atoms with Crippen LogP contribution in [0, 0.1) is 0 Å². The summed E-state index contributed by atoms with van der Waals surface area (Å²) >= 11 is 0. The Kier molecular flexibility index (Phi) is 7.94. The van der Waals surface area contributed by atoms with Gasteiger partial charge in [-0.05, 0) is 18.8 Å². The minimum absolute atomic E-state index is 0.0810. The van der Waals surface area contributed by atoms with E-state index in [9.17, 15) is 0 Å². The third-order valence-electron chi connectivity index (χ3n) is 1.64. The average molecular weight is 212 g/mol. The standard InChI is InChI=1S/C6H7BO2.C4H10O2/c8-7(9)6-4-2-1-3-5-6;1-4(6)2-3-5/h1-5,8-9H;4-6H,2-3H2,1H3. The summed E-state index contributed by atoms with van der Waals surface area (Å²) < 4.78 is 0. The van der Waals surface area contributed by atoms with Crippen LogP contribution in [-0.2, 0) is 0 Å². The van der Waals surface area contributed by atoms with Crippen molar-refractivity contribution in [1.29, 1.82) is 0 Å². The van der Waals surface area contributed by atoms with Crippen molar-refractivity contribution in [3.05, 3.63) is 30.3 Å². The number of hydrogen-bond acceptors (Lipinski definition) is 4. The Bertz CT molecular complexity index is 238. The summed E-state index contributed by atoms with van der Waals surface area (Å²) in [5, 5.41) is 33.6. The molecule has 1 rings (SSSR count). The summed E-state index contributed by atoms with van der Waals surface area (Å²) in [6, 6.07) is 8.66. The zero-order valence-corrected chi connectivity index (χ0v) is 8.74. The van der Waals surface area contributed by atoms with E-state index < -0.39 is 7.12 Å². The first-order chi connectivity index (χ1) is 7.07. The van der Waals surface area contributed by atoms with Crippen molar-refractivity contribution in [1.82, 2.24) is 0 Å². The highest BCUT2D eigenvalue weighted by Crippen LogP contribution is 1.83. The van der Waals surface area contributed by atoms with Crippen LogP contribution in [0.2, 0.25) is 0 Å². The maximum absolute atomic E-state index is 8.58. The van der Waals surface area contributed by atoms with Gasteiger partial charge >= 0.3 is 7.12 Å². The Labute approximate surface area is 90.0 Å². The summed E-state index contributed by atoms with van der Waals surface area (Å²) in [6.45, 7) is 1.73. The van der Waals surface area contributed by atoms with Crippen molar-refractivity contribution in [3.63, 3.8) is 0 Å². The molecule has 0 aromatic heterocycles. The molecule has 1 unspecified atom stereocenters. The summed E-state index contributed by atoms with van der Waals surface area (Å²) in [5.74, 6) is 0. The van der Waals surface area contributed by atoms with E-state index in [4.69, 9.17) is 20.3 Å². The maximum atomic E-state index is 8.58. The lowest BCUT2D eigenvalue weighted by Crippen LogP contribution is -2.29. The van der Waals surface area contributed by atoms with Gasteiger partial charge in [0.15, 0.2) is 0 Å². The molecule has 0 amide bonds. The van der Waals surface area contributed by atoms with Crippen molar-refractivity contribution in [3.8, 4) is 0 Å². The van der Waals surface area contributed by atoms with E-state index in [1.165, 1.54) is 0 Å². The molecular formula is C10H17BO4. The molecule has 0 spiro atoms. The predicted molar refractivity (Wildman–Crippen MR) is 59.7 cm³/mol. The lowest BCUT2D eigenvalue weighted by atomic mass is 9.81. The van der Waals surface area contributed by atoms with Gasteiger partial charge in [0, 0.05) is 6.61 Å². The fourth-order valence-electron chi connectivity index (χ4n) is 0.812. The van der Waals surface area contributed by atoms with Gasteiger partial charge < -0.3 is 20.3 Å². The normalized spacial score (nSPS) is 11.3. The highest BCUT2D eigenvalue weighted by Gasteiger charge is 2.07. The molecule has 0 fully saturated rings. The van der Waals surface area contributed by atoms with Crippen molar-refractivity contribution in [2.45, 2.75) is 19.4 Å². The van der Waals surface area contributed by atoms with E-state index in [1.54, 1.807) is 31.2 Å². The molecule has 15 heavy (non-hydrogen) atoms. The van der Waals surface area contributed by atoms with Crippen molar-refractivity contribution < 1.29 is 20.3 Å². The highest BCUT2D eigenvalue weighted by molar-refractivity contribution is 6.58. The summed E-state index contributed by atoms with van der Waals surface area (Å²) in [6.07, 6.45) is 0.134. The molecule has 0 heterocycles. The molecule has 0 radical (unpaired) electrons. The van der Waals surface area contributed by atoms with Gasteiger partial charge in [-0.25, -0.2) is 0 Å². The van der Waals surface area contributed by atoms with Gasteiger partial charge in [-0.1, -0.05) is 30.3 Å². The Balaban J connectivity index is 0.000000288. The van der Waals surface area contributed by atoms with E-state index in [1.807, 2.05) is 6.07 Å². The molecule has 0 aliphatic carbocycles. The Morgan fingerprint density at radius 2 is 1.73 bits per heavy atom. The Morgan fingerprint density at radius 1 is 1.20 bits per heavy atom. The minimum atomic E-state index is -1.34. The molecule has 0 bridgehead atoms. The van der Waals surface area contributed by atoms with Gasteiger partial charge in [-0.2, -0.15) is 0 Å². The first-order valence-corrected chi connectivity index (χ1v) is 4.78. The SMILES string of the molecule is CC(O)CCO.OB(O)c1ccccc1. The van der Waals surface area contributed by atoms with Gasteiger partial charge in [-0.15, -0.1) is 0 Å². The number of hydrogen-bond donors (Lipinski definition) is 4. The molecule has 0 aliphatic heterocycles. The van der Waals surface area contributed by atoms with Crippen molar-refractivity contribution in [2.75, 3.05) is 6.61 Å². The fraction of sp³-hybridized carbons (Fsp3) is 0.400. The smallest absolute Gasteiger partial charge is 0.423 e. The topological polar surface area (TPSA) is 80.9 Å². The van der Waals surface area contributed by atoms with Crippen LogP contribution >= 0.6 is 0 Å². The molecule has 5 heteroatoms. The zero-order valence-electron chi connectivity index (χ0n) is 8.74. The van der Waals surface area contributed by atoms with Crippen LogP contribution in [0.1, 0.15) is 13.3 Å². The molecule has 1 atom stereocenters. The molecule has 1 aromatic carbocycles. The second kappa shape index (κ2) is 8.43. The van der Waals surface area contributed by atoms with Crippen LogP contribution in [0.3, 0.4) is 0 Å². The Morgan fingerprint density at radius 3 is 1.93 bits per heavy atom. The minimum Gasteiger partial charge on any atom is -0.423 e.